The van der Waals surface area contributed by atoms with Gasteiger partial charge in [0.15, 0.2) is 5.84 Å². The summed E-state index contributed by atoms with van der Waals surface area (Å²) in [6, 6.07) is 0. The van der Waals surface area contributed by atoms with Crippen LogP contribution in [0.15, 0.2) is 5.16 Å². The molecule has 5 heteroatoms. The minimum Gasteiger partial charge on any atom is -0.409 e. The summed E-state index contributed by atoms with van der Waals surface area (Å²) in [5, 5.41) is 15.0. The van der Waals surface area contributed by atoms with Crippen molar-refractivity contribution in [3.8, 4) is 0 Å². The van der Waals surface area contributed by atoms with Crippen LogP contribution in [0.1, 0.15) is 59.3 Å². The molecule has 0 radical (unpaired) electrons. The zero-order valence-electron chi connectivity index (χ0n) is 13.0. The molecule has 0 aromatic carbocycles. The van der Waals surface area contributed by atoms with Crippen LogP contribution in [0.3, 0.4) is 0 Å². The van der Waals surface area contributed by atoms with Gasteiger partial charge < -0.3 is 16.3 Å². The number of nitrogens with zero attached hydrogens (tertiary/aromatic N) is 1. The molecule has 1 saturated carbocycles. The molecule has 1 fully saturated rings. The van der Waals surface area contributed by atoms with Crippen LogP contribution in [0.25, 0.3) is 0 Å². The Hall–Kier alpha value is -1.26. The van der Waals surface area contributed by atoms with E-state index in [1.54, 1.807) is 0 Å². The zero-order valence-corrected chi connectivity index (χ0v) is 13.0. The van der Waals surface area contributed by atoms with Gasteiger partial charge >= 0.3 is 0 Å². The minimum absolute atomic E-state index is 0.0111. The molecule has 0 bridgehead atoms. The van der Waals surface area contributed by atoms with Crippen LogP contribution in [0.5, 0.6) is 0 Å². The summed E-state index contributed by atoms with van der Waals surface area (Å²) in [4.78, 5) is 12.5. The van der Waals surface area contributed by atoms with Gasteiger partial charge in [0.05, 0.1) is 0 Å². The molecule has 0 spiro atoms. The van der Waals surface area contributed by atoms with Crippen molar-refractivity contribution in [2.75, 3.05) is 6.54 Å². The standard InChI is InChI=1S/C15H29N3O2/c1-4-15(5-2,13(16)18-20)14(19)17-10-12-8-6-7-11(3)9-12/h11-12,20H,4-10H2,1-3H3,(H2,16,18)(H,17,19). The minimum atomic E-state index is -0.880. The van der Waals surface area contributed by atoms with Gasteiger partial charge in [-0.2, -0.15) is 0 Å². The van der Waals surface area contributed by atoms with E-state index in [-0.39, 0.29) is 11.7 Å². The third-order valence-corrected chi connectivity index (χ3v) is 4.84. The summed E-state index contributed by atoms with van der Waals surface area (Å²) in [6.45, 7) is 6.75. The van der Waals surface area contributed by atoms with E-state index in [1.807, 2.05) is 13.8 Å². The Bertz CT molecular complexity index is 351. The van der Waals surface area contributed by atoms with Gasteiger partial charge in [0.25, 0.3) is 0 Å². The molecule has 0 aromatic heterocycles. The predicted molar refractivity (Wildman–Crippen MR) is 80.6 cm³/mol. The highest BCUT2D eigenvalue weighted by atomic mass is 16.4. The van der Waals surface area contributed by atoms with Gasteiger partial charge in [0, 0.05) is 6.54 Å². The molecule has 1 aliphatic rings. The number of rotatable bonds is 6. The highest BCUT2D eigenvalue weighted by Gasteiger charge is 2.39. The van der Waals surface area contributed by atoms with Gasteiger partial charge in [-0.25, -0.2) is 0 Å². The van der Waals surface area contributed by atoms with Crippen molar-refractivity contribution in [1.82, 2.24) is 5.32 Å². The Morgan fingerprint density at radius 2 is 2.05 bits per heavy atom. The number of hydrogen-bond donors (Lipinski definition) is 3. The lowest BCUT2D eigenvalue weighted by atomic mass is 9.79. The van der Waals surface area contributed by atoms with Gasteiger partial charge in [-0.1, -0.05) is 38.8 Å². The molecule has 0 saturated heterocycles. The highest BCUT2D eigenvalue weighted by Crippen LogP contribution is 2.30. The van der Waals surface area contributed by atoms with Gasteiger partial charge in [0.2, 0.25) is 5.91 Å². The number of oxime groups is 1. The van der Waals surface area contributed by atoms with Gasteiger partial charge in [0.1, 0.15) is 5.41 Å². The number of carbonyl (C=O) groups is 1. The van der Waals surface area contributed by atoms with Gasteiger partial charge in [-0.15, -0.1) is 0 Å². The number of amidine groups is 1. The second-order valence-electron chi connectivity index (χ2n) is 6.12. The summed E-state index contributed by atoms with van der Waals surface area (Å²) < 4.78 is 0. The van der Waals surface area contributed by atoms with E-state index >= 15 is 0 Å². The first kappa shape index (κ1) is 16.8. The number of hydrogen-bond acceptors (Lipinski definition) is 3. The van der Waals surface area contributed by atoms with E-state index in [0.717, 1.165) is 5.92 Å². The van der Waals surface area contributed by atoms with Crippen molar-refractivity contribution in [2.24, 2.45) is 28.1 Å². The molecule has 2 atom stereocenters. The number of nitrogens with one attached hydrogen (secondary N) is 1. The quantitative estimate of drug-likeness (QED) is 0.303. The summed E-state index contributed by atoms with van der Waals surface area (Å²) in [7, 11) is 0. The fraction of sp³-hybridized carbons (Fsp3) is 0.867. The van der Waals surface area contributed by atoms with E-state index in [4.69, 9.17) is 10.9 Å². The molecule has 4 N–H and O–H groups in total. The molecule has 5 nitrogen and oxygen atoms in total. The van der Waals surface area contributed by atoms with Crippen LogP contribution in [-0.4, -0.2) is 23.5 Å². The van der Waals surface area contributed by atoms with E-state index in [2.05, 4.69) is 17.4 Å². The van der Waals surface area contributed by atoms with Crippen LogP contribution < -0.4 is 11.1 Å². The Kier molecular flexibility index (Phi) is 6.30. The molecule has 1 amide bonds. The maximum atomic E-state index is 12.5. The lowest BCUT2D eigenvalue weighted by molar-refractivity contribution is -0.128. The van der Waals surface area contributed by atoms with Crippen molar-refractivity contribution in [3.63, 3.8) is 0 Å². The lowest BCUT2D eigenvalue weighted by Crippen LogP contribution is -2.50. The SMILES string of the molecule is CCC(CC)(C(=O)NCC1CCCC(C)C1)C(N)=NO. The molecule has 20 heavy (non-hydrogen) atoms. The fourth-order valence-corrected chi connectivity index (χ4v) is 3.30. The van der Waals surface area contributed by atoms with E-state index in [9.17, 15) is 4.79 Å². The first-order valence-corrected chi connectivity index (χ1v) is 7.76. The average molecular weight is 283 g/mol. The Balaban J connectivity index is 2.63. The third-order valence-electron chi connectivity index (χ3n) is 4.84. The topological polar surface area (TPSA) is 87.7 Å². The summed E-state index contributed by atoms with van der Waals surface area (Å²) in [6.07, 6.45) is 5.96. The largest absolute Gasteiger partial charge is 0.409 e. The average Bonchev–Trinajstić information content (AvgIpc) is 2.46. The lowest BCUT2D eigenvalue weighted by Gasteiger charge is -2.31. The normalized spacial score (nSPS) is 24.4. The molecular weight excluding hydrogens is 254 g/mol. The maximum absolute atomic E-state index is 12.5. The monoisotopic (exact) mass is 283 g/mol. The Morgan fingerprint density at radius 1 is 1.40 bits per heavy atom. The first-order valence-electron chi connectivity index (χ1n) is 7.76. The molecule has 0 aliphatic heterocycles. The molecular formula is C15H29N3O2. The van der Waals surface area contributed by atoms with Crippen LogP contribution in [-0.2, 0) is 4.79 Å². The van der Waals surface area contributed by atoms with E-state index in [1.165, 1.54) is 25.7 Å². The summed E-state index contributed by atoms with van der Waals surface area (Å²) in [5.74, 6) is 1.20. The summed E-state index contributed by atoms with van der Waals surface area (Å²) >= 11 is 0. The first-order chi connectivity index (χ1) is 9.50. The van der Waals surface area contributed by atoms with Crippen molar-refractivity contribution in [3.05, 3.63) is 0 Å². The second-order valence-corrected chi connectivity index (χ2v) is 6.12. The molecule has 1 aliphatic carbocycles. The molecule has 2 unspecified atom stereocenters. The smallest absolute Gasteiger partial charge is 0.233 e. The van der Waals surface area contributed by atoms with Crippen molar-refractivity contribution in [1.29, 1.82) is 0 Å². The van der Waals surface area contributed by atoms with E-state index < -0.39 is 5.41 Å². The highest BCUT2D eigenvalue weighted by molar-refractivity contribution is 6.06. The number of nitrogens with two attached hydrogens (primary N) is 1. The van der Waals surface area contributed by atoms with Crippen molar-refractivity contribution in [2.45, 2.75) is 59.3 Å². The van der Waals surface area contributed by atoms with Crippen molar-refractivity contribution < 1.29 is 10.0 Å². The predicted octanol–water partition coefficient (Wildman–Crippen LogP) is 2.48. The number of amides is 1. The molecule has 1 rings (SSSR count). The molecule has 0 aromatic rings. The second kappa shape index (κ2) is 7.50. The maximum Gasteiger partial charge on any atom is 0.233 e. The van der Waals surface area contributed by atoms with Crippen LogP contribution in [0.4, 0.5) is 0 Å². The Labute approximate surface area is 122 Å². The zero-order chi connectivity index (χ0) is 15.2. The number of carbonyl (C=O) groups excluding carboxylic acids is 1. The van der Waals surface area contributed by atoms with Gasteiger partial charge in [-0.3, -0.25) is 4.79 Å². The fourth-order valence-electron chi connectivity index (χ4n) is 3.30. The summed E-state index contributed by atoms with van der Waals surface area (Å²) in [5.41, 5.74) is 4.86. The molecule has 0 heterocycles. The van der Waals surface area contributed by atoms with Crippen LogP contribution in [0.2, 0.25) is 0 Å². The molecule has 116 valence electrons. The van der Waals surface area contributed by atoms with Gasteiger partial charge in [-0.05, 0) is 37.5 Å². The van der Waals surface area contributed by atoms with Crippen molar-refractivity contribution >= 4 is 11.7 Å². The van der Waals surface area contributed by atoms with E-state index in [0.29, 0.717) is 25.3 Å². The van der Waals surface area contributed by atoms with Crippen LogP contribution in [0, 0.1) is 17.3 Å². The van der Waals surface area contributed by atoms with Crippen LogP contribution >= 0.6 is 0 Å². The Morgan fingerprint density at radius 3 is 2.55 bits per heavy atom. The third kappa shape index (κ3) is 3.64.